The van der Waals surface area contributed by atoms with E-state index in [-0.39, 0.29) is 37.1 Å². The summed E-state index contributed by atoms with van der Waals surface area (Å²) >= 11 is 0. The van der Waals surface area contributed by atoms with Crippen molar-refractivity contribution in [3.05, 3.63) is 102 Å². The minimum Gasteiger partial charge on any atom is -0.508 e. The molecule has 9 nitrogen and oxygen atoms in total. The Morgan fingerprint density at radius 2 is 1.41 bits per heavy atom. The molecule has 4 aromatic rings. The number of amides is 3. The fourth-order valence-corrected chi connectivity index (χ4v) is 8.87. The molecular formula is C40H46N4O5. The highest BCUT2D eigenvalue weighted by atomic mass is 16.6. The summed E-state index contributed by atoms with van der Waals surface area (Å²) in [6.45, 7) is 0.674. The first-order chi connectivity index (χ1) is 23.8. The fourth-order valence-electron chi connectivity index (χ4n) is 8.87. The molecule has 4 fully saturated rings. The number of para-hydroxylation sites is 1. The highest BCUT2D eigenvalue weighted by Gasteiger charge is 2.51. The molecule has 4 bridgehead atoms. The predicted molar refractivity (Wildman–Crippen MR) is 188 cm³/mol. The largest absolute Gasteiger partial charge is 0.508 e. The third-order valence-corrected chi connectivity index (χ3v) is 11.0. The average molecular weight is 663 g/mol. The number of phenolic OH excluding ortho intramolecular Hbond substituents is 1. The number of carbonyl (C=O) groups is 3. The van der Waals surface area contributed by atoms with E-state index in [0.29, 0.717) is 31.2 Å². The van der Waals surface area contributed by atoms with E-state index in [9.17, 15) is 19.5 Å². The third-order valence-electron chi connectivity index (χ3n) is 11.0. The van der Waals surface area contributed by atoms with Gasteiger partial charge in [-0.15, -0.1) is 0 Å². The molecule has 4 aliphatic rings. The van der Waals surface area contributed by atoms with Gasteiger partial charge in [0, 0.05) is 36.6 Å². The summed E-state index contributed by atoms with van der Waals surface area (Å²) in [7, 11) is 0. The molecular weight excluding hydrogens is 616 g/mol. The predicted octanol–water partition coefficient (Wildman–Crippen LogP) is 5.81. The highest BCUT2D eigenvalue weighted by molar-refractivity contribution is 5.96. The van der Waals surface area contributed by atoms with E-state index < -0.39 is 17.5 Å². The zero-order chi connectivity index (χ0) is 33.8. The third kappa shape index (κ3) is 7.61. The van der Waals surface area contributed by atoms with Crippen LogP contribution in [0.4, 0.5) is 4.79 Å². The van der Waals surface area contributed by atoms with Crippen LogP contribution in [0.5, 0.6) is 5.75 Å². The van der Waals surface area contributed by atoms with Crippen LogP contribution in [0.15, 0.2) is 85.1 Å². The molecule has 1 aromatic heterocycles. The monoisotopic (exact) mass is 662 g/mol. The van der Waals surface area contributed by atoms with Crippen LogP contribution in [0.25, 0.3) is 10.9 Å². The fraction of sp³-hybridized carbons (Fsp3) is 0.425. The number of alkyl carbamates (subject to hydrolysis) is 1. The number of aromatic amines is 1. The molecule has 4 aliphatic carbocycles. The summed E-state index contributed by atoms with van der Waals surface area (Å²) in [6, 6.07) is 24.5. The summed E-state index contributed by atoms with van der Waals surface area (Å²) in [5.74, 6) is 1.55. The standard InChI is InChI=1S/C40H46N4O5/c45-33-12-10-27(11-13-33)15-17-42-38(47)40(23-32-25-43-35-9-5-4-8-34(32)35,24-36(46)41-16-14-26-6-2-1-3-7-26)44-39(48)49-37-30-19-28-18-29(21-30)22-31(37)20-28/h1-13,25,28-31,37,43,45H,14-24H2,(H,41,46)(H,42,47)(H,44,48). The zero-order valence-corrected chi connectivity index (χ0v) is 27.8. The van der Waals surface area contributed by atoms with Crippen molar-refractivity contribution >= 4 is 28.8 Å². The van der Waals surface area contributed by atoms with Gasteiger partial charge < -0.3 is 30.8 Å². The molecule has 3 amide bonds. The van der Waals surface area contributed by atoms with Gasteiger partial charge in [-0.3, -0.25) is 9.59 Å². The summed E-state index contributed by atoms with van der Waals surface area (Å²) < 4.78 is 6.25. The molecule has 1 heterocycles. The van der Waals surface area contributed by atoms with E-state index in [1.807, 2.05) is 72.9 Å². The number of H-pyrrole nitrogens is 1. The molecule has 1 atom stereocenters. The lowest BCUT2D eigenvalue weighted by Gasteiger charge is -2.53. The number of nitrogens with one attached hydrogen (secondary N) is 4. The lowest BCUT2D eigenvalue weighted by molar-refractivity contribution is -0.133. The normalized spacial score (nSPS) is 23.5. The van der Waals surface area contributed by atoms with E-state index in [1.54, 1.807) is 12.1 Å². The van der Waals surface area contributed by atoms with Crippen LogP contribution in [0.2, 0.25) is 0 Å². The summed E-state index contributed by atoms with van der Waals surface area (Å²) in [5, 5.41) is 19.7. The maximum absolute atomic E-state index is 14.5. The van der Waals surface area contributed by atoms with Gasteiger partial charge in [-0.25, -0.2) is 4.79 Å². The van der Waals surface area contributed by atoms with Crippen LogP contribution in [0, 0.1) is 23.7 Å². The van der Waals surface area contributed by atoms with Crippen LogP contribution in [-0.2, 0) is 33.6 Å². The van der Waals surface area contributed by atoms with Gasteiger partial charge in [0.25, 0.3) is 0 Å². The zero-order valence-electron chi connectivity index (χ0n) is 27.8. The lowest BCUT2D eigenvalue weighted by atomic mass is 9.55. The van der Waals surface area contributed by atoms with Gasteiger partial charge in [0.1, 0.15) is 17.4 Å². The average Bonchev–Trinajstić information content (AvgIpc) is 3.49. The molecule has 0 aliphatic heterocycles. The number of phenols is 1. The van der Waals surface area contributed by atoms with Gasteiger partial charge in [-0.1, -0.05) is 60.7 Å². The van der Waals surface area contributed by atoms with Crippen molar-refractivity contribution in [3.8, 4) is 5.75 Å². The molecule has 0 radical (unpaired) electrons. The van der Waals surface area contributed by atoms with Gasteiger partial charge in [0.2, 0.25) is 11.8 Å². The van der Waals surface area contributed by atoms with Gasteiger partial charge in [0.05, 0.1) is 6.42 Å². The summed E-state index contributed by atoms with van der Waals surface area (Å²) in [4.78, 5) is 45.5. The van der Waals surface area contributed by atoms with Crippen LogP contribution >= 0.6 is 0 Å². The van der Waals surface area contributed by atoms with Crippen molar-refractivity contribution in [3.63, 3.8) is 0 Å². The summed E-state index contributed by atoms with van der Waals surface area (Å²) in [6.07, 6.45) is 7.66. The number of aromatic hydroxyl groups is 1. The minimum absolute atomic E-state index is 0.0882. The van der Waals surface area contributed by atoms with Gasteiger partial charge in [-0.2, -0.15) is 0 Å². The Morgan fingerprint density at radius 3 is 2.12 bits per heavy atom. The Hall–Kier alpha value is -4.79. The van der Waals surface area contributed by atoms with Crippen LogP contribution in [-0.4, -0.2) is 52.7 Å². The van der Waals surface area contributed by atoms with Crippen molar-refractivity contribution in [1.82, 2.24) is 20.9 Å². The van der Waals surface area contributed by atoms with Crippen molar-refractivity contribution in [2.24, 2.45) is 23.7 Å². The first-order valence-corrected chi connectivity index (χ1v) is 17.7. The maximum Gasteiger partial charge on any atom is 0.408 e. The van der Waals surface area contributed by atoms with Gasteiger partial charge in [-0.05, 0) is 104 Å². The van der Waals surface area contributed by atoms with E-state index in [1.165, 1.54) is 6.42 Å². The second-order valence-corrected chi connectivity index (χ2v) is 14.5. The molecule has 5 N–H and O–H groups in total. The van der Waals surface area contributed by atoms with Crippen LogP contribution in [0.1, 0.15) is 55.2 Å². The first kappa shape index (κ1) is 32.7. The summed E-state index contributed by atoms with van der Waals surface area (Å²) in [5.41, 5.74) is 2.13. The lowest BCUT2D eigenvalue weighted by Crippen LogP contribution is -2.63. The second-order valence-electron chi connectivity index (χ2n) is 14.5. The smallest absolute Gasteiger partial charge is 0.408 e. The van der Waals surface area contributed by atoms with Crippen molar-refractivity contribution in [2.75, 3.05) is 13.1 Å². The molecule has 0 saturated heterocycles. The van der Waals surface area contributed by atoms with Crippen LogP contribution in [0.3, 0.4) is 0 Å². The molecule has 49 heavy (non-hydrogen) atoms. The van der Waals surface area contributed by atoms with Crippen molar-refractivity contribution < 1.29 is 24.2 Å². The maximum atomic E-state index is 14.5. The Balaban J connectivity index is 1.14. The number of rotatable bonds is 13. The number of hydrogen-bond donors (Lipinski definition) is 5. The molecule has 8 rings (SSSR count). The van der Waals surface area contributed by atoms with Gasteiger partial charge in [0.15, 0.2) is 0 Å². The van der Waals surface area contributed by atoms with E-state index in [2.05, 4.69) is 20.9 Å². The molecule has 3 aromatic carbocycles. The number of hydrogen-bond acceptors (Lipinski definition) is 5. The number of benzene rings is 3. The number of ether oxygens (including phenoxy) is 1. The minimum atomic E-state index is -1.63. The van der Waals surface area contributed by atoms with E-state index >= 15 is 0 Å². The van der Waals surface area contributed by atoms with Crippen molar-refractivity contribution in [2.45, 2.75) is 69.4 Å². The highest BCUT2D eigenvalue weighted by Crippen LogP contribution is 2.54. The molecule has 4 saturated carbocycles. The van der Waals surface area contributed by atoms with Crippen LogP contribution < -0.4 is 16.0 Å². The SMILES string of the molecule is O=C(CC(Cc1c[nH]c2ccccc12)(NC(=O)OC1C2CC3CC(C2)CC1C3)C(=O)NCCc1ccc(O)cc1)NCCc1ccccc1. The number of carbonyl (C=O) groups excluding carboxylic acids is 3. The first-order valence-electron chi connectivity index (χ1n) is 17.7. The second kappa shape index (κ2) is 14.4. The Labute approximate surface area is 287 Å². The van der Waals surface area contributed by atoms with Gasteiger partial charge >= 0.3 is 6.09 Å². The Bertz CT molecular complexity index is 1740. The molecule has 0 spiro atoms. The molecule has 9 heteroatoms. The number of aromatic nitrogens is 1. The molecule has 1 unspecified atom stereocenters. The van der Waals surface area contributed by atoms with Crippen molar-refractivity contribution in [1.29, 1.82) is 0 Å². The number of fused-ring (bicyclic) bond motifs is 1. The quantitative estimate of drug-likeness (QED) is 0.123. The Morgan fingerprint density at radius 1 is 0.776 bits per heavy atom. The Kier molecular flexibility index (Phi) is 9.60. The van der Waals surface area contributed by atoms with E-state index in [4.69, 9.17) is 4.74 Å². The topological polar surface area (TPSA) is 133 Å². The van der Waals surface area contributed by atoms with E-state index in [0.717, 1.165) is 65.1 Å². The molecule has 256 valence electrons.